The molecule has 0 aliphatic carbocycles. The van der Waals surface area contributed by atoms with Crippen LogP contribution in [0.15, 0.2) is 12.4 Å². The van der Waals surface area contributed by atoms with Gasteiger partial charge in [-0.1, -0.05) is 5.92 Å². The number of nitriles is 1. The summed E-state index contributed by atoms with van der Waals surface area (Å²) in [5.41, 5.74) is 0.505. The Kier molecular flexibility index (Phi) is 2.64. The van der Waals surface area contributed by atoms with Crippen LogP contribution in [0, 0.1) is 23.7 Å². The molecule has 4 nitrogen and oxygen atoms in total. The average molecular weight is 158 g/mol. The minimum atomic E-state index is 0.209. The van der Waals surface area contributed by atoms with Crippen LogP contribution >= 0.6 is 0 Å². The lowest BCUT2D eigenvalue weighted by molar-refractivity contribution is 1.12. The van der Waals surface area contributed by atoms with Crippen LogP contribution < -0.4 is 5.32 Å². The van der Waals surface area contributed by atoms with Crippen molar-refractivity contribution in [2.75, 3.05) is 11.9 Å². The Labute approximate surface area is 70.3 Å². The molecule has 1 N–H and O–H groups in total. The number of rotatable bonds is 2. The van der Waals surface area contributed by atoms with Gasteiger partial charge in [-0.25, -0.2) is 9.97 Å². The minimum absolute atomic E-state index is 0.209. The van der Waals surface area contributed by atoms with E-state index in [2.05, 4.69) is 21.2 Å². The zero-order valence-corrected chi connectivity index (χ0v) is 6.28. The highest BCUT2D eigenvalue weighted by Crippen LogP contribution is 2.01. The Morgan fingerprint density at radius 2 is 2.42 bits per heavy atom. The molecule has 1 aromatic heterocycles. The van der Waals surface area contributed by atoms with Crippen LogP contribution in [-0.4, -0.2) is 16.5 Å². The number of hydrogen-bond donors (Lipinski definition) is 1. The molecule has 0 saturated carbocycles. The Bertz CT molecular complexity index is 345. The molecule has 1 aromatic rings. The van der Waals surface area contributed by atoms with Crippen LogP contribution in [0.2, 0.25) is 0 Å². The molecule has 12 heavy (non-hydrogen) atoms. The summed E-state index contributed by atoms with van der Waals surface area (Å²) in [6.07, 6.45) is 6.47. The standard InChI is InChI=1S/C8H6N4/c1-2-7-5-8(10-4-3-9)12-6-11-7/h1,5-6H,4H2,(H,10,11,12). The average Bonchev–Trinajstić information content (AvgIpc) is 2.15. The minimum Gasteiger partial charge on any atom is -0.357 e. The predicted molar refractivity (Wildman–Crippen MR) is 44.1 cm³/mol. The second-order valence-corrected chi connectivity index (χ2v) is 1.94. The molecule has 0 aliphatic heterocycles. The van der Waals surface area contributed by atoms with E-state index in [0.29, 0.717) is 11.5 Å². The quantitative estimate of drug-likeness (QED) is 0.499. The van der Waals surface area contributed by atoms with Gasteiger partial charge in [0.15, 0.2) is 0 Å². The van der Waals surface area contributed by atoms with Crippen LogP contribution in [0.5, 0.6) is 0 Å². The fourth-order valence-corrected chi connectivity index (χ4v) is 0.663. The van der Waals surface area contributed by atoms with Crippen LogP contribution in [-0.2, 0) is 0 Å². The van der Waals surface area contributed by atoms with Crippen LogP contribution in [0.3, 0.4) is 0 Å². The smallest absolute Gasteiger partial charge is 0.131 e. The van der Waals surface area contributed by atoms with Crippen molar-refractivity contribution in [1.82, 2.24) is 9.97 Å². The molecule has 0 amide bonds. The van der Waals surface area contributed by atoms with Gasteiger partial charge in [0, 0.05) is 6.07 Å². The largest absolute Gasteiger partial charge is 0.357 e. The number of anilines is 1. The van der Waals surface area contributed by atoms with E-state index in [1.165, 1.54) is 6.33 Å². The van der Waals surface area contributed by atoms with Crippen molar-refractivity contribution >= 4 is 5.82 Å². The lowest BCUT2D eigenvalue weighted by Crippen LogP contribution is -2.01. The number of hydrogen-bond acceptors (Lipinski definition) is 4. The van der Waals surface area contributed by atoms with Gasteiger partial charge in [-0.15, -0.1) is 6.42 Å². The van der Waals surface area contributed by atoms with E-state index in [1.54, 1.807) is 6.07 Å². The highest BCUT2D eigenvalue weighted by atomic mass is 15.0. The summed E-state index contributed by atoms with van der Waals surface area (Å²) in [5, 5.41) is 11.0. The normalized spacial score (nSPS) is 8.17. The molecule has 0 atom stereocenters. The van der Waals surface area contributed by atoms with Crippen molar-refractivity contribution < 1.29 is 0 Å². The second-order valence-electron chi connectivity index (χ2n) is 1.94. The molecule has 0 bridgehead atoms. The van der Waals surface area contributed by atoms with E-state index in [4.69, 9.17) is 11.7 Å². The van der Waals surface area contributed by atoms with E-state index in [-0.39, 0.29) is 6.54 Å². The Hall–Kier alpha value is -2.07. The number of terminal acetylenes is 1. The third kappa shape index (κ3) is 1.96. The molecule has 0 radical (unpaired) electrons. The van der Waals surface area contributed by atoms with Gasteiger partial charge in [0.1, 0.15) is 24.4 Å². The Morgan fingerprint density at radius 1 is 1.58 bits per heavy atom. The van der Waals surface area contributed by atoms with E-state index in [1.807, 2.05) is 6.07 Å². The van der Waals surface area contributed by atoms with E-state index < -0.39 is 0 Å². The molecule has 0 aromatic carbocycles. The van der Waals surface area contributed by atoms with Gasteiger partial charge in [-0.3, -0.25) is 0 Å². The summed E-state index contributed by atoms with van der Waals surface area (Å²) in [4.78, 5) is 7.65. The molecular formula is C8H6N4. The first-order chi connectivity index (χ1) is 5.86. The Morgan fingerprint density at radius 3 is 3.08 bits per heavy atom. The first kappa shape index (κ1) is 8.03. The number of nitrogens with zero attached hydrogens (tertiary/aromatic N) is 3. The number of nitrogens with one attached hydrogen (secondary N) is 1. The molecule has 1 heterocycles. The molecule has 0 saturated heterocycles. The molecular weight excluding hydrogens is 152 g/mol. The monoisotopic (exact) mass is 158 g/mol. The van der Waals surface area contributed by atoms with Crippen molar-refractivity contribution in [1.29, 1.82) is 5.26 Å². The SMILES string of the molecule is C#Cc1cc(NCC#N)ncn1. The summed E-state index contributed by atoms with van der Waals surface area (Å²) in [7, 11) is 0. The molecule has 1 rings (SSSR count). The Balaban J connectivity index is 2.76. The van der Waals surface area contributed by atoms with E-state index in [0.717, 1.165) is 0 Å². The van der Waals surface area contributed by atoms with Crippen molar-refractivity contribution in [3.63, 3.8) is 0 Å². The lowest BCUT2D eigenvalue weighted by Gasteiger charge is -1.98. The molecule has 0 spiro atoms. The molecule has 0 unspecified atom stereocenters. The van der Waals surface area contributed by atoms with Crippen molar-refractivity contribution in [2.24, 2.45) is 0 Å². The summed E-state index contributed by atoms with van der Waals surface area (Å²) < 4.78 is 0. The van der Waals surface area contributed by atoms with Gasteiger partial charge in [0.25, 0.3) is 0 Å². The summed E-state index contributed by atoms with van der Waals surface area (Å²) in [6, 6.07) is 3.54. The topological polar surface area (TPSA) is 61.6 Å². The van der Waals surface area contributed by atoms with Crippen molar-refractivity contribution in [3.05, 3.63) is 18.1 Å². The van der Waals surface area contributed by atoms with Gasteiger partial charge in [-0.05, 0) is 0 Å². The van der Waals surface area contributed by atoms with E-state index in [9.17, 15) is 0 Å². The summed E-state index contributed by atoms with van der Waals surface area (Å²) in [6.45, 7) is 0.209. The van der Waals surface area contributed by atoms with Crippen molar-refractivity contribution in [2.45, 2.75) is 0 Å². The molecule has 0 aliphatic rings. The van der Waals surface area contributed by atoms with Crippen LogP contribution in [0.25, 0.3) is 0 Å². The highest BCUT2D eigenvalue weighted by molar-refractivity contribution is 5.40. The first-order valence-electron chi connectivity index (χ1n) is 3.26. The summed E-state index contributed by atoms with van der Waals surface area (Å²) >= 11 is 0. The maximum absolute atomic E-state index is 8.26. The predicted octanol–water partition coefficient (Wildman–Crippen LogP) is 0.393. The lowest BCUT2D eigenvalue weighted by atomic mass is 10.4. The van der Waals surface area contributed by atoms with Gasteiger partial charge < -0.3 is 5.32 Å². The highest BCUT2D eigenvalue weighted by Gasteiger charge is 1.93. The maximum atomic E-state index is 8.26. The number of aromatic nitrogens is 2. The van der Waals surface area contributed by atoms with Gasteiger partial charge in [-0.2, -0.15) is 5.26 Å². The van der Waals surface area contributed by atoms with Crippen LogP contribution in [0.1, 0.15) is 5.69 Å². The van der Waals surface area contributed by atoms with E-state index >= 15 is 0 Å². The van der Waals surface area contributed by atoms with Gasteiger partial charge >= 0.3 is 0 Å². The fraction of sp³-hybridized carbons (Fsp3) is 0.125. The molecule has 0 fully saturated rings. The second kappa shape index (κ2) is 3.95. The van der Waals surface area contributed by atoms with Gasteiger partial charge in [0.2, 0.25) is 0 Å². The molecule has 4 heteroatoms. The molecule has 58 valence electrons. The fourth-order valence-electron chi connectivity index (χ4n) is 0.663. The van der Waals surface area contributed by atoms with Gasteiger partial charge in [0.05, 0.1) is 6.07 Å². The maximum Gasteiger partial charge on any atom is 0.131 e. The van der Waals surface area contributed by atoms with Crippen LogP contribution in [0.4, 0.5) is 5.82 Å². The zero-order valence-electron chi connectivity index (χ0n) is 6.28. The zero-order chi connectivity index (χ0) is 8.81. The first-order valence-corrected chi connectivity index (χ1v) is 3.26. The third-order valence-corrected chi connectivity index (χ3v) is 1.16. The third-order valence-electron chi connectivity index (χ3n) is 1.16. The van der Waals surface area contributed by atoms with Crippen molar-refractivity contribution in [3.8, 4) is 18.4 Å². The summed E-state index contributed by atoms with van der Waals surface area (Å²) in [5.74, 6) is 2.94.